The highest BCUT2D eigenvalue weighted by Gasteiger charge is 2.35. The number of hydrogen-bond acceptors (Lipinski definition) is 5. The van der Waals surface area contributed by atoms with Crippen molar-refractivity contribution in [1.82, 2.24) is 9.62 Å². The fourth-order valence-electron chi connectivity index (χ4n) is 4.37. The van der Waals surface area contributed by atoms with E-state index in [2.05, 4.69) is 5.32 Å². The summed E-state index contributed by atoms with van der Waals surface area (Å²) in [7, 11) is -3.45. The fourth-order valence-corrected chi connectivity index (χ4v) is 5.98. The van der Waals surface area contributed by atoms with E-state index < -0.39 is 15.9 Å². The third-order valence-electron chi connectivity index (χ3n) is 6.34. The number of rotatable bonds is 8. The first kappa shape index (κ1) is 25.4. The van der Waals surface area contributed by atoms with Crippen LogP contribution in [0.25, 0.3) is 0 Å². The van der Waals surface area contributed by atoms with E-state index in [1.807, 2.05) is 4.90 Å². The first-order valence-corrected chi connectivity index (χ1v) is 13.5. The second-order valence-corrected chi connectivity index (χ2v) is 11.2. The van der Waals surface area contributed by atoms with Crippen molar-refractivity contribution in [2.75, 3.05) is 54.8 Å². The van der Waals surface area contributed by atoms with Gasteiger partial charge >= 0.3 is 0 Å². The van der Waals surface area contributed by atoms with E-state index in [9.17, 15) is 22.4 Å². The Morgan fingerprint density at radius 1 is 1.00 bits per heavy atom. The molecule has 1 atom stereocenters. The number of benzene rings is 2. The molecule has 35 heavy (non-hydrogen) atoms. The third kappa shape index (κ3) is 6.31. The van der Waals surface area contributed by atoms with Gasteiger partial charge in [0.1, 0.15) is 5.82 Å². The van der Waals surface area contributed by atoms with E-state index in [1.54, 1.807) is 41.3 Å². The van der Waals surface area contributed by atoms with Crippen molar-refractivity contribution in [3.05, 3.63) is 59.4 Å². The number of halogens is 2. The highest BCUT2D eigenvalue weighted by molar-refractivity contribution is 7.89. The van der Waals surface area contributed by atoms with Gasteiger partial charge in [-0.25, -0.2) is 12.8 Å². The number of anilines is 2. The molecule has 0 bridgehead atoms. The van der Waals surface area contributed by atoms with E-state index in [0.717, 1.165) is 5.69 Å². The lowest BCUT2D eigenvalue weighted by atomic mass is 10.1. The first-order chi connectivity index (χ1) is 16.7. The SMILES string of the molecule is O=C(NCCCS(=O)(=O)N1CCN(c2ccc(F)cc2)CC1)C1CC(=O)N(c2ccc(Cl)cc2)C1. The molecule has 2 amide bonds. The van der Waals surface area contributed by atoms with Crippen LogP contribution >= 0.6 is 11.6 Å². The number of carbonyl (C=O) groups is 2. The predicted octanol–water partition coefficient (Wildman–Crippen LogP) is 2.49. The molecule has 2 aromatic carbocycles. The van der Waals surface area contributed by atoms with Crippen LogP contribution in [-0.4, -0.2) is 69.6 Å². The summed E-state index contributed by atoms with van der Waals surface area (Å²) in [5.41, 5.74) is 1.56. The molecule has 2 fully saturated rings. The summed E-state index contributed by atoms with van der Waals surface area (Å²) in [6.45, 7) is 2.28. The van der Waals surface area contributed by atoms with E-state index in [4.69, 9.17) is 11.6 Å². The summed E-state index contributed by atoms with van der Waals surface area (Å²) in [5.74, 6) is -1.23. The maximum Gasteiger partial charge on any atom is 0.227 e. The lowest BCUT2D eigenvalue weighted by Gasteiger charge is -2.35. The van der Waals surface area contributed by atoms with E-state index in [1.165, 1.54) is 16.4 Å². The second-order valence-electron chi connectivity index (χ2n) is 8.70. The Bertz CT molecular complexity index is 1150. The van der Waals surface area contributed by atoms with Crippen molar-refractivity contribution in [3.8, 4) is 0 Å². The number of sulfonamides is 1. The maximum absolute atomic E-state index is 13.1. The minimum Gasteiger partial charge on any atom is -0.369 e. The van der Waals surface area contributed by atoms with Crippen LogP contribution in [0.15, 0.2) is 48.5 Å². The van der Waals surface area contributed by atoms with Gasteiger partial charge in [0.05, 0.1) is 11.7 Å². The van der Waals surface area contributed by atoms with Crippen LogP contribution in [0.5, 0.6) is 0 Å². The number of carbonyl (C=O) groups excluding carboxylic acids is 2. The third-order valence-corrected chi connectivity index (χ3v) is 8.54. The molecule has 2 aromatic rings. The molecule has 4 rings (SSSR count). The van der Waals surface area contributed by atoms with Crippen LogP contribution in [0.1, 0.15) is 12.8 Å². The summed E-state index contributed by atoms with van der Waals surface area (Å²) in [4.78, 5) is 28.5. The zero-order valence-corrected chi connectivity index (χ0v) is 20.8. The quantitative estimate of drug-likeness (QED) is 0.538. The summed E-state index contributed by atoms with van der Waals surface area (Å²) < 4.78 is 40.0. The summed E-state index contributed by atoms with van der Waals surface area (Å²) in [6, 6.07) is 13.0. The standard InChI is InChI=1S/C24H28ClFN4O4S/c25-19-2-6-22(7-3-19)30-17-18(16-23(30)31)24(32)27-10-1-15-35(33,34)29-13-11-28(12-14-29)21-8-4-20(26)5-9-21/h2-9,18H,1,10-17H2,(H,27,32). The molecular formula is C24H28ClFN4O4S. The van der Waals surface area contributed by atoms with Crippen LogP contribution in [-0.2, 0) is 19.6 Å². The molecule has 2 saturated heterocycles. The highest BCUT2D eigenvalue weighted by Crippen LogP contribution is 2.26. The molecule has 0 radical (unpaired) electrons. The number of amides is 2. The van der Waals surface area contributed by atoms with Crippen LogP contribution in [0.2, 0.25) is 5.02 Å². The van der Waals surface area contributed by atoms with E-state index in [0.29, 0.717) is 36.9 Å². The normalized spacial score (nSPS) is 19.3. The van der Waals surface area contributed by atoms with Gasteiger partial charge in [0.15, 0.2) is 0 Å². The highest BCUT2D eigenvalue weighted by atomic mass is 35.5. The molecule has 0 aliphatic carbocycles. The van der Waals surface area contributed by atoms with Gasteiger partial charge in [-0.3, -0.25) is 9.59 Å². The molecular weight excluding hydrogens is 495 g/mol. The molecule has 2 aliphatic heterocycles. The van der Waals surface area contributed by atoms with Crippen LogP contribution in [0.3, 0.4) is 0 Å². The first-order valence-electron chi connectivity index (χ1n) is 11.5. The average molecular weight is 523 g/mol. The molecule has 0 aromatic heterocycles. The van der Waals surface area contributed by atoms with Crippen molar-refractivity contribution in [2.45, 2.75) is 12.8 Å². The summed E-state index contributed by atoms with van der Waals surface area (Å²) in [6.07, 6.45) is 0.402. The van der Waals surface area contributed by atoms with Gasteiger partial charge in [0.25, 0.3) is 0 Å². The zero-order chi connectivity index (χ0) is 25.0. The van der Waals surface area contributed by atoms with Crippen LogP contribution in [0.4, 0.5) is 15.8 Å². The van der Waals surface area contributed by atoms with Gasteiger partial charge in [-0.2, -0.15) is 4.31 Å². The number of piperazine rings is 1. The summed E-state index contributed by atoms with van der Waals surface area (Å²) >= 11 is 5.90. The topological polar surface area (TPSA) is 90.0 Å². The minimum atomic E-state index is -3.45. The summed E-state index contributed by atoms with van der Waals surface area (Å²) in [5, 5.41) is 3.34. The molecule has 1 N–H and O–H groups in total. The molecule has 0 saturated carbocycles. The zero-order valence-electron chi connectivity index (χ0n) is 19.2. The van der Waals surface area contributed by atoms with E-state index in [-0.39, 0.29) is 49.3 Å². The Morgan fingerprint density at radius 2 is 1.63 bits per heavy atom. The molecule has 11 heteroatoms. The van der Waals surface area contributed by atoms with E-state index >= 15 is 0 Å². The molecule has 8 nitrogen and oxygen atoms in total. The Hall–Kier alpha value is -2.69. The Kier molecular flexibility index (Phi) is 7.93. The maximum atomic E-state index is 13.1. The monoisotopic (exact) mass is 522 g/mol. The van der Waals surface area contributed by atoms with Crippen LogP contribution in [0, 0.1) is 11.7 Å². The predicted molar refractivity (Wildman–Crippen MR) is 134 cm³/mol. The molecule has 2 aliphatic rings. The molecule has 1 unspecified atom stereocenters. The van der Waals surface area contributed by atoms with Gasteiger partial charge in [-0.05, 0) is 55.0 Å². The number of nitrogens with one attached hydrogen (secondary N) is 1. The lowest BCUT2D eigenvalue weighted by molar-refractivity contribution is -0.126. The van der Waals surface area contributed by atoms with Gasteiger partial charge < -0.3 is 15.1 Å². The lowest BCUT2D eigenvalue weighted by Crippen LogP contribution is -2.49. The smallest absolute Gasteiger partial charge is 0.227 e. The minimum absolute atomic E-state index is 0.0652. The fraction of sp³-hybridized carbons (Fsp3) is 0.417. The Morgan fingerprint density at radius 3 is 2.29 bits per heavy atom. The van der Waals surface area contributed by atoms with Crippen molar-refractivity contribution < 1.29 is 22.4 Å². The van der Waals surface area contributed by atoms with Crippen molar-refractivity contribution >= 4 is 44.8 Å². The Labute approximate surface area is 209 Å². The average Bonchev–Trinajstić information content (AvgIpc) is 3.24. The van der Waals surface area contributed by atoms with Gasteiger partial charge in [0, 0.05) is 62.1 Å². The number of hydrogen-bond donors (Lipinski definition) is 1. The van der Waals surface area contributed by atoms with Gasteiger partial charge in [0.2, 0.25) is 21.8 Å². The van der Waals surface area contributed by atoms with Crippen molar-refractivity contribution in [1.29, 1.82) is 0 Å². The van der Waals surface area contributed by atoms with Gasteiger partial charge in [-0.1, -0.05) is 11.6 Å². The second kappa shape index (κ2) is 10.9. The molecule has 2 heterocycles. The molecule has 0 spiro atoms. The number of nitrogens with zero attached hydrogens (tertiary/aromatic N) is 3. The van der Waals surface area contributed by atoms with Crippen LogP contribution < -0.4 is 15.1 Å². The van der Waals surface area contributed by atoms with Gasteiger partial charge in [-0.15, -0.1) is 0 Å². The van der Waals surface area contributed by atoms with Crippen molar-refractivity contribution in [3.63, 3.8) is 0 Å². The molecule has 188 valence electrons. The van der Waals surface area contributed by atoms with Crippen molar-refractivity contribution in [2.24, 2.45) is 5.92 Å². The Balaban J connectivity index is 1.19. The largest absolute Gasteiger partial charge is 0.369 e.